The molecule has 0 radical (unpaired) electrons. The first kappa shape index (κ1) is 10.8. The molecule has 1 aromatic carbocycles. The summed E-state index contributed by atoms with van der Waals surface area (Å²) >= 11 is 0. The zero-order chi connectivity index (χ0) is 12.7. The molecule has 0 saturated heterocycles. The van der Waals surface area contributed by atoms with Gasteiger partial charge in [0.1, 0.15) is 17.2 Å². The molecule has 3 rings (SSSR count). The van der Waals surface area contributed by atoms with E-state index in [2.05, 4.69) is 10.2 Å². The number of methoxy groups -OCH3 is 1. The van der Waals surface area contributed by atoms with Gasteiger partial charge >= 0.3 is 0 Å². The Hall–Kier alpha value is -2.34. The summed E-state index contributed by atoms with van der Waals surface area (Å²) in [4.78, 5) is 11.2. The van der Waals surface area contributed by atoms with Crippen LogP contribution in [0.3, 0.4) is 0 Å². The van der Waals surface area contributed by atoms with Gasteiger partial charge in [0.25, 0.3) is 5.56 Å². The monoisotopic (exact) mass is 246 g/mol. The van der Waals surface area contributed by atoms with Crippen LogP contribution in [0, 0.1) is 0 Å². The van der Waals surface area contributed by atoms with Crippen molar-refractivity contribution < 1.29 is 14.6 Å². The molecule has 1 aromatic heterocycles. The molecule has 0 bridgehead atoms. The van der Waals surface area contributed by atoms with Crippen LogP contribution in [0.15, 0.2) is 29.1 Å². The van der Waals surface area contributed by atoms with Gasteiger partial charge in [-0.15, -0.1) is 0 Å². The quantitative estimate of drug-likeness (QED) is 0.778. The lowest BCUT2D eigenvalue weighted by Gasteiger charge is -2.23. The Morgan fingerprint density at radius 3 is 3.06 bits per heavy atom. The molecule has 18 heavy (non-hydrogen) atoms. The molecular weight excluding hydrogens is 236 g/mol. The highest BCUT2D eigenvalue weighted by atomic mass is 16.6. The minimum Gasteiger partial charge on any atom is -0.497 e. The minimum atomic E-state index is -1.20. The molecule has 0 aliphatic carbocycles. The molecule has 0 fully saturated rings. The van der Waals surface area contributed by atoms with Gasteiger partial charge in [-0.05, 0) is 12.1 Å². The van der Waals surface area contributed by atoms with E-state index in [1.54, 1.807) is 25.3 Å². The lowest BCUT2D eigenvalue weighted by Crippen LogP contribution is -2.19. The largest absolute Gasteiger partial charge is 0.497 e. The van der Waals surface area contributed by atoms with Gasteiger partial charge in [0.15, 0.2) is 0 Å². The first-order chi connectivity index (χ1) is 8.69. The fraction of sp³-hybridized carbons (Fsp3) is 0.167. The number of aliphatic hydroxyl groups excluding tert-OH is 1. The Labute approximate surface area is 102 Å². The molecule has 2 N–H and O–H groups in total. The van der Waals surface area contributed by atoms with E-state index in [-0.39, 0.29) is 5.56 Å². The van der Waals surface area contributed by atoms with E-state index in [4.69, 9.17) is 9.47 Å². The number of aliphatic hydroxyl groups is 1. The van der Waals surface area contributed by atoms with Crippen LogP contribution in [0.2, 0.25) is 0 Å². The lowest BCUT2D eigenvalue weighted by molar-refractivity contribution is -0.0219. The summed E-state index contributed by atoms with van der Waals surface area (Å²) in [7, 11) is 1.55. The van der Waals surface area contributed by atoms with Crippen molar-refractivity contribution >= 4 is 0 Å². The molecule has 1 unspecified atom stereocenters. The van der Waals surface area contributed by atoms with Crippen molar-refractivity contribution in [2.45, 2.75) is 6.29 Å². The number of hydrogen-bond acceptors (Lipinski definition) is 5. The number of rotatable bonds is 1. The Morgan fingerprint density at radius 1 is 1.44 bits per heavy atom. The highest BCUT2D eigenvalue weighted by Gasteiger charge is 2.26. The summed E-state index contributed by atoms with van der Waals surface area (Å²) < 4.78 is 10.4. The van der Waals surface area contributed by atoms with E-state index in [9.17, 15) is 9.90 Å². The molecule has 2 heterocycles. The maximum atomic E-state index is 11.2. The second-order valence-corrected chi connectivity index (χ2v) is 3.87. The van der Waals surface area contributed by atoms with E-state index in [0.29, 0.717) is 28.3 Å². The molecule has 2 aromatic rings. The van der Waals surface area contributed by atoms with E-state index < -0.39 is 6.29 Å². The fourth-order valence-corrected chi connectivity index (χ4v) is 1.93. The third-order valence-electron chi connectivity index (χ3n) is 2.79. The van der Waals surface area contributed by atoms with Gasteiger partial charge in [-0.2, -0.15) is 5.10 Å². The number of benzene rings is 1. The summed E-state index contributed by atoms with van der Waals surface area (Å²) in [6.45, 7) is 0. The van der Waals surface area contributed by atoms with Crippen molar-refractivity contribution in [1.29, 1.82) is 0 Å². The van der Waals surface area contributed by atoms with Crippen LogP contribution in [-0.2, 0) is 0 Å². The van der Waals surface area contributed by atoms with Gasteiger partial charge in [0.05, 0.1) is 12.7 Å². The van der Waals surface area contributed by atoms with Crippen molar-refractivity contribution in [1.82, 2.24) is 10.2 Å². The van der Waals surface area contributed by atoms with Crippen molar-refractivity contribution in [3.8, 4) is 22.8 Å². The summed E-state index contributed by atoms with van der Waals surface area (Å²) in [5.74, 6) is 1.09. The molecule has 1 aliphatic rings. The average molecular weight is 246 g/mol. The molecule has 1 aliphatic heterocycles. The first-order valence-corrected chi connectivity index (χ1v) is 5.32. The number of aromatic nitrogens is 2. The molecule has 0 amide bonds. The molecular formula is C12H10N2O4. The minimum absolute atomic E-state index is 0.358. The Balaban J connectivity index is 2.23. The van der Waals surface area contributed by atoms with E-state index in [0.717, 1.165) is 0 Å². The maximum Gasteiger partial charge on any atom is 0.264 e. The third-order valence-corrected chi connectivity index (χ3v) is 2.79. The second kappa shape index (κ2) is 3.85. The Bertz CT molecular complexity index is 665. The van der Waals surface area contributed by atoms with Gasteiger partial charge in [0.2, 0.25) is 6.29 Å². The number of hydrogen-bond donors (Lipinski definition) is 2. The summed E-state index contributed by atoms with van der Waals surface area (Å²) in [6, 6.07) is 6.47. The van der Waals surface area contributed by atoms with Crippen LogP contribution in [0.1, 0.15) is 11.9 Å². The number of aromatic amines is 1. The van der Waals surface area contributed by atoms with E-state index in [1.165, 1.54) is 6.07 Å². The SMILES string of the molecule is COc1ccc2c(c1)OC(O)c1cc(=O)[nH]nc1-2. The number of fused-ring (bicyclic) bond motifs is 3. The van der Waals surface area contributed by atoms with Crippen LogP contribution in [0.5, 0.6) is 11.5 Å². The van der Waals surface area contributed by atoms with Gasteiger partial charge in [-0.3, -0.25) is 4.79 Å². The molecule has 1 atom stereocenters. The van der Waals surface area contributed by atoms with Crippen LogP contribution in [0.4, 0.5) is 0 Å². The normalized spacial score (nSPS) is 16.4. The van der Waals surface area contributed by atoms with Gasteiger partial charge in [-0.1, -0.05) is 0 Å². The number of H-pyrrole nitrogens is 1. The summed E-state index contributed by atoms with van der Waals surface area (Å²) in [5.41, 5.74) is 1.18. The maximum absolute atomic E-state index is 11.2. The smallest absolute Gasteiger partial charge is 0.264 e. The van der Waals surface area contributed by atoms with Crippen molar-refractivity contribution in [2.75, 3.05) is 7.11 Å². The fourth-order valence-electron chi connectivity index (χ4n) is 1.93. The van der Waals surface area contributed by atoms with Crippen LogP contribution >= 0.6 is 0 Å². The lowest BCUT2D eigenvalue weighted by atomic mass is 10.0. The van der Waals surface area contributed by atoms with E-state index >= 15 is 0 Å². The van der Waals surface area contributed by atoms with Crippen molar-refractivity contribution in [3.05, 3.63) is 40.2 Å². The molecule has 6 heteroatoms. The molecule has 0 saturated carbocycles. The first-order valence-electron chi connectivity index (χ1n) is 5.32. The summed E-state index contributed by atoms with van der Waals surface area (Å²) in [5, 5.41) is 16.1. The molecule has 92 valence electrons. The topological polar surface area (TPSA) is 84.4 Å². The number of nitrogens with zero attached hydrogens (tertiary/aromatic N) is 1. The Kier molecular flexibility index (Phi) is 2.31. The van der Waals surface area contributed by atoms with Gasteiger partial charge in [-0.25, -0.2) is 5.10 Å². The zero-order valence-electron chi connectivity index (χ0n) is 9.51. The second-order valence-electron chi connectivity index (χ2n) is 3.87. The highest BCUT2D eigenvalue weighted by molar-refractivity contribution is 5.72. The Morgan fingerprint density at radius 2 is 2.28 bits per heavy atom. The van der Waals surface area contributed by atoms with Crippen LogP contribution in [-0.4, -0.2) is 22.4 Å². The summed E-state index contributed by atoms with van der Waals surface area (Å²) in [6.07, 6.45) is -1.20. The standard InChI is InChI=1S/C12H10N2O4/c1-17-6-2-3-7-9(4-6)18-12(16)8-5-10(15)13-14-11(7)8/h2-5,12,16H,1H3,(H,13,15). The molecule has 0 spiro atoms. The van der Waals surface area contributed by atoms with Gasteiger partial charge in [0, 0.05) is 17.7 Å². The molecule has 6 nitrogen and oxygen atoms in total. The highest BCUT2D eigenvalue weighted by Crippen LogP contribution is 2.41. The third kappa shape index (κ3) is 1.54. The predicted molar refractivity (Wildman–Crippen MR) is 62.4 cm³/mol. The van der Waals surface area contributed by atoms with Crippen molar-refractivity contribution in [3.63, 3.8) is 0 Å². The van der Waals surface area contributed by atoms with Crippen LogP contribution in [0.25, 0.3) is 11.3 Å². The van der Waals surface area contributed by atoms with E-state index in [1.807, 2.05) is 0 Å². The predicted octanol–water partition coefficient (Wildman–Crippen LogP) is 0.829. The number of nitrogens with one attached hydrogen (secondary N) is 1. The average Bonchev–Trinajstić information content (AvgIpc) is 2.38. The zero-order valence-corrected chi connectivity index (χ0v) is 9.51. The van der Waals surface area contributed by atoms with Crippen molar-refractivity contribution in [2.24, 2.45) is 0 Å². The van der Waals surface area contributed by atoms with Gasteiger partial charge < -0.3 is 14.6 Å². The van der Waals surface area contributed by atoms with Crippen LogP contribution < -0.4 is 15.0 Å². The number of ether oxygens (including phenoxy) is 2.